The van der Waals surface area contributed by atoms with E-state index >= 15 is 0 Å². The summed E-state index contributed by atoms with van der Waals surface area (Å²) in [5, 5.41) is 8.95. The Kier molecular flexibility index (Phi) is 3.66. The third kappa shape index (κ3) is 2.53. The van der Waals surface area contributed by atoms with Crippen LogP contribution in [0.1, 0.15) is 34.3 Å². The lowest BCUT2D eigenvalue weighted by atomic mass is 10.2. The minimum atomic E-state index is -1.16. The maximum atomic E-state index is 12.2. The van der Waals surface area contributed by atoms with Crippen LogP contribution in [0.4, 0.5) is 0 Å². The number of carboxylic acid groups (broad SMARTS) is 1. The van der Waals surface area contributed by atoms with E-state index in [0.29, 0.717) is 19.7 Å². The van der Waals surface area contributed by atoms with Crippen molar-refractivity contribution in [3.63, 3.8) is 0 Å². The molecule has 18 heavy (non-hydrogen) atoms. The Morgan fingerprint density at radius 2 is 2.28 bits per heavy atom. The van der Waals surface area contributed by atoms with E-state index in [1.807, 2.05) is 6.92 Å². The van der Waals surface area contributed by atoms with Gasteiger partial charge in [0.1, 0.15) is 5.56 Å². The predicted octanol–water partition coefficient (Wildman–Crippen LogP) is 1.23. The number of hydrogen-bond donors (Lipinski definition) is 1. The highest BCUT2D eigenvalue weighted by atomic mass is 16.5. The average Bonchev–Trinajstić information content (AvgIpc) is 2.72. The fourth-order valence-corrected chi connectivity index (χ4v) is 1.97. The van der Waals surface area contributed by atoms with E-state index in [4.69, 9.17) is 14.3 Å². The van der Waals surface area contributed by atoms with Crippen molar-refractivity contribution in [1.29, 1.82) is 0 Å². The maximum Gasteiger partial charge on any atom is 0.339 e. The zero-order valence-electron chi connectivity index (χ0n) is 10.1. The van der Waals surface area contributed by atoms with E-state index in [0.717, 1.165) is 6.42 Å². The topological polar surface area (TPSA) is 80.0 Å². The minimum Gasteiger partial charge on any atom is -0.478 e. The molecule has 2 heterocycles. The Balaban J connectivity index is 2.19. The number of carbonyl (C=O) groups excluding carboxylic acids is 1. The molecule has 0 saturated carbocycles. The Morgan fingerprint density at radius 1 is 1.50 bits per heavy atom. The molecule has 1 amide bonds. The standard InChI is InChI=1S/C12H15NO5/c1-8-7-13(4-2-5-17-8)11(14)10-9(12(15)16)3-6-18-10/h3,6,8H,2,4-5,7H2,1H3,(H,15,16). The summed E-state index contributed by atoms with van der Waals surface area (Å²) >= 11 is 0. The van der Waals surface area contributed by atoms with Crippen LogP contribution in [-0.2, 0) is 4.74 Å². The van der Waals surface area contributed by atoms with Gasteiger partial charge in [0.2, 0.25) is 5.76 Å². The van der Waals surface area contributed by atoms with Crippen LogP contribution >= 0.6 is 0 Å². The summed E-state index contributed by atoms with van der Waals surface area (Å²) in [5.74, 6) is -1.67. The first kappa shape index (κ1) is 12.6. The van der Waals surface area contributed by atoms with Crippen LogP contribution in [-0.4, -0.2) is 47.7 Å². The van der Waals surface area contributed by atoms with Crippen LogP contribution in [0.25, 0.3) is 0 Å². The van der Waals surface area contributed by atoms with Crippen LogP contribution in [0.2, 0.25) is 0 Å². The molecule has 1 unspecified atom stereocenters. The Bertz CT molecular complexity index is 453. The van der Waals surface area contributed by atoms with Crippen LogP contribution < -0.4 is 0 Å². The zero-order chi connectivity index (χ0) is 13.1. The molecule has 1 aromatic heterocycles. The Labute approximate surface area is 104 Å². The van der Waals surface area contributed by atoms with E-state index in [-0.39, 0.29) is 17.4 Å². The van der Waals surface area contributed by atoms with E-state index in [9.17, 15) is 9.59 Å². The molecule has 1 aliphatic heterocycles. The van der Waals surface area contributed by atoms with Crippen molar-refractivity contribution < 1.29 is 23.8 Å². The second-order valence-electron chi connectivity index (χ2n) is 4.25. The van der Waals surface area contributed by atoms with Crippen LogP contribution in [0.5, 0.6) is 0 Å². The van der Waals surface area contributed by atoms with Gasteiger partial charge in [0.25, 0.3) is 5.91 Å². The average molecular weight is 253 g/mol. The zero-order valence-corrected chi connectivity index (χ0v) is 10.1. The largest absolute Gasteiger partial charge is 0.478 e. The van der Waals surface area contributed by atoms with Gasteiger partial charge in [-0.3, -0.25) is 4.79 Å². The third-order valence-electron chi connectivity index (χ3n) is 2.83. The summed E-state index contributed by atoms with van der Waals surface area (Å²) in [4.78, 5) is 24.7. The van der Waals surface area contributed by atoms with Crippen molar-refractivity contribution in [3.05, 3.63) is 23.7 Å². The van der Waals surface area contributed by atoms with Crippen molar-refractivity contribution >= 4 is 11.9 Å². The maximum absolute atomic E-state index is 12.2. The van der Waals surface area contributed by atoms with Crippen molar-refractivity contribution in [3.8, 4) is 0 Å². The van der Waals surface area contributed by atoms with Crippen molar-refractivity contribution in [2.45, 2.75) is 19.4 Å². The molecular weight excluding hydrogens is 238 g/mol. The first-order valence-corrected chi connectivity index (χ1v) is 5.81. The van der Waals surface area contributed by atoms with Crippen molar-refractivity contribution in [2.24, 2.45) is 0 Å². The molecular formula is C12H15NO5. The van der Waals surface area contributed by atoms with Gasteiger partial charge in [-0.2, -0.15) is 0 Å². The molecule has 1 N–H and O–H groups in total. The molecule has 98 valence electrons. The lowest BCUT2D eigenvalue weighted by Gasteiger charge is -2.21. The smallest absolute Gasteiger partial charge is 0.339 e. The van der Waals surface area contributed by atoms with Crippen LogP contribution in [0.3, 0.4) is 0 Å². The number of carboxylic acids is 1. The summed E-state index contributed by atoms with van der Waals surface area (Å²) in [5.41, 5.74) is -0.0992. The normalized spacial score (nSPS) is 20.5. The van der Waals surface area contributed by atoms with Gasteiger partial charge in [-0.15, -0.1) is 0 Å². The van der Waals surface area contributed by atoms with Gasteiger partial charge in [0.15, 0.2) is 0 Å². The molecule has 2 rings (SSSR count). The first-order chi connectivity index (χ1) is 8.59. The summed E-state index contributed by atoms with van der Waals surface area (Å²) in [6.45, 7) is 3.47. The predicted molar refractivity (Wildman–Crippen MR) is 61.6 cm³/mol. The highest BCUT2D eigenvalue weighted by molar-refractivity contribution is 6.02. The van der Waals surface area contributed by atoms with Gasteiger partial charge >= 0.3 is 5.97 Å². The summed E-state index contributed by atoms with van der Waals surface area (Å²) < 4.78 is 10.4. The van der Waals surface area contributed by atoms with Crippen molar-refractivity contribution in [1.82, 2.24) is 4.90 Å². The molecule has 1 saturated heterocycles. The number of rotatable bonds is 2. The fraction of sp³-hybridized carbons (Fsp3) is 0.500. The molecule has 6 heteroatoms. The van der Waals surface area contributed by atoms with E-state index in [1.54, 1.807) is 4.90 Å². The minimum absolute atomic E-state index is 0.0558. The molecule has 0 aromatic carbocycles. The molecule has 1 aliphatic rings. The highest BCUT2D eigenvalue weighted by Gasteiger charge is 2.27. The number of furan rings is 1. The Hall–Kier alpha value is -1.82. The number of amides is 1. The van der Waals surface area contributed by atoms with Gasteiger partial charge in [-0.05, 0) is 19.4 Å². The SMILES string of the molecule is CC1CN(C(=O)c2occc2C(=O)O)CCCO1. The van der Waals surface area contributed by atoms with Gasteiger partial charge in [-0.25, -0.2) is 4.79 Å². The monoisotopic (exact) mass is 253 g/mol. The number of ether oxygens (including phenoxy) is 1. The Morgan fingerprint density at radius 3 is 3.00 bits per heavy atom. The molecule has 1 fully saturated rings. The number of hydrogen-bond acceptors (Lipinski definition) is 4. The van der Waals surface area contributed by atoms with Gasteiger partial charge in [0.05, 0.1) is 12.4 Å². The first-order valence-electron chi connectivity index (χ1n) is 5.81. The van der Waals surface area contributed by atoms with Crippen molar-refractivity contribution in [2.75, 3.05) is 19.7 Å². The van der Waals surface area contributed by atoms with E-state index in [2.05, 4.69) is 0 Å². The third-order valence-corrected chi connectivity index (χ3v) is 2.83. The second kappa shape index (κ2) is 5.22. The van der Waals surface area contributed by atoms with Crippen LogP contribution in [0.15, 0.2) is 16.7 Å². The van der Waals surface area contributed by atoms with Gasteiger partial charge < -0.3 is 19.2 Å². The number of nitrogens with zero attached hydrogens (tertiary/aromatic N) is 1. The van der Waals surface area contributed by atoms with Crippen LogP contribution in [0, 0.1) is 0 Å². The molecule has 0 bridgehead atoms. The molecule has 1 atom stereocenters. The van der Waals surface area contributed by atoms with E-state index in [1.165, 1.54) is 12.3 Å². The lowest BCUT2D eigenvalue weighted by Crippen LogP contribution is -2.36. The quantitative estimate of drug-likeness (QED) is 0.857. The molecule has 1 aromatic rings. The fourth-order valence-electron chi connectivity index (χ4n) is 1.97. The molecule has 6 nitrogen and oxygen atoms in total. The molecule has 0 spiro atoms. The molecule has 0 radical (unpaired) electrons. The highest BCUT2D eigenvalue weighted by Crippen LogP contribution is 2.16. The van der Waals surface area contributed by atoms with Gasteiger partial charge in [0, 0.05) is 19.7 Å². The summed E-state index contributed by atoms with van der Waals surface area (Å²) in [7, 11) is 0. The van der Waals surface area contributed by atoms with E-state index < -0.39 is 11.9 Å². The lowest BCUT2D eigenvalue weighted by molar-refractivity contribution is 0.0537. The summed E-state index contributed by atoms with van der Waals surface area (Å²) in [6.07, 6.45) is 1.90. The summed E-state index contributed by atoms with van der Waals surface area (Å²) in [6, 6.07) is 1.29. The number of aromatic carboxylic acids is 1. The molecule has 0 aliphatic carbocycles. The second-order valence-corrected chi connectivity index (χ2v) is 4.25. The number of carbonyl (C=O) groups is 2. The van der Waals surface area contributed by atoms with Gasteiger partial charge in [-0.1, -0.05) is 0 Å².